The molecule has 0 radical (unpaired) electrons. The van der Waals surface area contributed by atoms with Crippen molar-refractivity contribution in [2.75, 3.05) is 0 Å². The minimum Gasteiger partial charge on any atom is -0.457 e. The Balaban J connectivity index is 1.31. The summed E-state index contributed by atoms with van der Waals surface area (Å²) in [5, 5.41) is 2.28. The molecule has 0 amide bonds. The first-order valence-corrected chi connectivity index (χ1v) is 17.1. The molecule has 0 fully saturated rings. The third-order valence-corrected chi connectivity index (χ3v) is 8.96. The van der Waals surface area contributed by atoms with E-state index in [2.05, 4.69) is 81.4 Å². The summed E-state index contributed by atoms with van der Waals surface area (Å²) in [6, 6.07) is 36.3. The van der Waals surface area contributed by atoms with Crippen molar-refractivity contribution in [2.45, 2.75) is 39.5 Å². The smallest absolute Gasteiger partial charge is 0.237 e. The number of nitrogens with zero attached hydrogens (tertiary/aromatic N) is 6. The van der Waals surface area contributed by atoms with Crippen LogP contribution in [0.4, 0.5) is 0 Å². The molecule has 0 N–H and O–H groups in total. The van der Waals surface area contributed by atoms with Gasteiger partial charge in [0.25, 0.3) is 0 Å². The lowest BCUT2D eigenvalue weighted by atomic mass is 9.92. The molecule has 0 unspecified atom stereocenters. The summed E-state index contributed by atoms with van der Waals surface area (Å²) in [5.74, 6) is 3.78. The molecular weight excluding hydrogens is 633 g/mol. The average Bonchev–Trinajstić information content (AvgIpc) is 3.49. The molecule has 8 rings (SSSR count). The third-order valence-electron chi connectivity index (χ3n) is 8.96. The van der Waals surface area contributed by atoms with Crippen molar-refractivity contribution in [3.05, 3.63) is 145 Å². The zero-order valence-electron chi connectivity index (χ0n) is 28.9. The zero-order chi connectivity index (χ0) is 34.9. The van der Waals surface area contributed by atoms with Gasteiger partial charge in [-0.1, -0.05) is 64.1 Å². The predicted octanol–water partition coefficient (Wildman–Crippen LogP) is 10.9. The minimum absolute atomic E-state index is 0.193. The van der Waals surface area contributed by atoms with Crippen LogP contribution in [0.5, 0.6) is 23.0 Å². The van der Waals surface area contributed by atoms with Crippen molar-refractivity contribution in [1.82, 2.24) is 29.5 Å². The van der Waals surface area contributed by atoms with Crippen LogP contribution in [-0.2, 0) is 0 Å². The van der Waals surface area contributed by atoms with Gasteiger partial charge in [-0.05, 0) is 83.6 Å². The standard InChI is InChI=1S/C43H36N6O2/c1-27(2)35-21-33(50-31-13-9-11-29(19-31)37-15-5-7-17-45-37)23-39-41(35)42-36(28(3)4)22-34(24-40(42)49(39)43-47-25-44-26-48-43)51-32-14-10-12-30(20-32)38-16-6-8-18-46-38/h5-28H,1-4H3. The molecule has 0 bridgehead atoms. The average molecular weight is 669 g/mol. The number of rotatable bonds is 9. The maximum Gasteiger partial charge on any atom is 0.237 e. The van der Waals surface area contributed by atoms with E-state index in [1.165, 1.54) is 23.8 Å². The molecule has 4 heterocycles. The minimum atomic E-state index is 0.193. The van der Waals surface area contributed by atoms with Gasteiger partial charge in [-0.2, -0.15) is 0 Å². The van der Waals surface area contributed by atoms with Crippen LogP contribution in [0.25, 0.3) is 50.3 Å². The second-order valence-electron chi connectivity index (χ2n) is 13.1. The highest BCUT2D eigenvalue weighted by Crippen LogP contribution is 2.45. The van der Waals surface area contributed by atoms with Gasteiger partial charge in [0.2, 0.25) is 5.95 Å². The van der Waals surface area contributed by atoms with Gasteiger partial charge in [0, 0.05) is 46.4 Å². The van der Waals surface area contributed by atoms with Crippen LogP contribution in [0, 0.1) is 0 Å². The maximum atomic E-state index is 6.63. The van der Waals surface area contributed by atoms with E-state index in [1.54, 1.807) is 12.4 Å². The second kappa shape index (κ2) is 13.5. The summed E-state index contributed by atoms with van der Waals surface area (Å²) in [6.45, 7) is 8.86. The molecule has 0 saturated heterocycles. The summed E-state index contributed by atoms with van der Waals surface area (Å²) >= 11 is 0. The normalized spacial score (nSPS) is 11.5. The monoisotopic (exact) mass is 668 g/mol. The zero-order valence-corrected chi connectivity index (χ0v) is 28.9. The van der Waals surface area contributed by atoms with Gasteiger partial charge in [0.1, 0.15) is 35.7 Å². The molecule has 0 aliphatic heterocycles. The number of pyridine rings is 2. The summed E-state index contributed by atoms with van der Waals surface area (Å²) in [7, 11) is 0. The Morgan fingerprint density at radius 3 is 1.41 bits per heavy atom. The molecule has 4 aromatic carbocycles. The Morgan fingerprint density at radius 1 is 0.490 bits per heavy atom. The second-order valence-corrected chi connectivity index (χ2v) is 13.1. The Morgan fingerprint density at radius 2 is 0.980 bits per heavy atom. The van der Waals surface area contributed by atoms with Crippen LogP contribution in [0.1, 0.15) is 50.7 Å². The quantitative estimate of drug-likeness (QED) is 0.151. The van der Waals surface area contributed by atoms with E-state index in [9.17, 15) is 0 Å². The first-order chi connectivity index (χ1) is 24.9. The fraction of sp³-hybridized carbons (Fsp3) is 0.140. The van der Waals surface area contributed by atoms with Crippen molar-refractivity contribution in [1.29, 1.82) is 0 Å². The van der Waals surface area contributed by atoms with Gasteiger partial charge in [0.15, 0.2) is 0 Å². The summed E-state index contributed by atoms with van der Waals surface area (Å²) in [6.07, 6.45) is 6.65. The number of hydrogen-bond acceptors (Lipinski definition) is 7. The molecular formula is C43H36N6O2. The van der Waals surface area contributed by atoms with Crippen molar-refractivity contribution in [3.63, 3.8) is 0 Å². The molecule has 0 saturated carbocycles. The van der Waals surface area contributed by atoms with Crippen molar-refractivity contribution < 1.29 is 9.47 Å². The van der Waals surface area contributed by atoms with Crippen LogP contribution in [0.2, 0.25) is 0 Å². The molecule has 250 valence electrons. The highest BCUT2D eigenvalue weighted by atomic mass is 16.5. The van der Waals surface area contributed by atoms with E-state index in [4.69, 9.17) is 9.47 Å². The van der Waals surface area contributed by atoms with Gasteiger partial charge in [-0.25, -0.2) is 15.0 Å². The first kappa shape index (κ1) is 31.8. The lowest BCUT2D eigenvalue weighted by Crippen LogP contribution is -2.02. The highest BCUT2D eigenvalue weighted by Gasteiger charge is 2.24. The number of hydrogen-bond donors (Lipinski definition) is 0. The maximum absolute atomic E-state index is 6.63. The van der Waals surface area contributed by atoms with E-state index in [1.807, 2.05) is 84.9 Å². The molecule has 8 heteroatoms. The van der Waals surface area contributed by atoms with Gasteiger partial charge < -0.3 is 9.47 Å². The number of benzene rings is 4. The van der Waals surface area contributed by atoms with E-state index in [0.29, 0.717) is 5.95 Å². The molecule has 0 atom stereocenters. The van der Waals surface area contributed by atoms with E-state index < -0.39 is 0 Å². The molecule has 8 nitrogen and oxygen atoms in total. The Labute approximate surface area is 296 Å². The summed E-state index contributed by atoms with van der Waals surface area (Å²) in [5.41, 5.74) is 7.95. The molecule has 0 spiro atoms. The van der Waals surface area contributed by atoms with Crippen LogP contribution >= 0.6 is 0 Å². The highest BCUT2D eigenvalue weighted by molar-refractivity contribution is 6.13. The van der Waals surface area contributed by atoms with Crippen LogP contribution in [-0.4, -0.2) is 29.5 Å². The Kier molecular flexibility index (Phi) is 8.41. The summed E-state index contributed by atoms with van der Waals surface area (Å²) in [4.78, 5) is 22.4. The van der Waals surface area contributed by atoms with E-state index in [0.717, 1.165) is 67.3 Å². The van der Waals surface area contributed by atoms with Crippen molar-refractivity contribution in [3.8, 4) is 51.5 Å². The summed E-state index contributed by atoms with van der Waals surface area (Å²) < 4.78 is 15.4. The van der Waals surface area contributed by atoms with Crippen LogP contribution < -0.4 is 9.47 Å². The molecule has 0 aliphatic rings. The Hall–Kier alpha value is -6.41. The fourth-order valence-corrected chi connectivity index (χ4v) is 6.64. The first-order valence-electron chi connectivity index (χ1n) is 17.1. The largest absolute Gasteiger partial charge is 0.457 e. The predicted molar refractivity (Wildman–Crippen MR) is 202 cm³/mol. The lowest BCUT2D eigenvalue weighted by molar-refractivity contribution is 0.482. The van der Waals surface area contributed by atoms with Gasteiger partial charge in [-0.15, -0.1) is 0 Å². The Bertz CT molecular complexity index is 2330. The van der Waals surface area contributed by atoms with Gasteiger partial charge >= 0.3 is 0 Å². The molecule has 0 aliphatic carbocycles. The van der Waals surface area contributed by atoms with E-state index >= 15 is 0 Å². The number of fused-ring (bicyclic) bond motifs is 3. The lowest BCUT2D eigenvalue weighted by Gasteiger charge is -2.15. The van der Waals surface area contributed by atoms with Crippen molar-refractivity contribution in [2.24, 2.45) is 0 Å². The molecule has 51 heavy (non-hydrogen) atoms. The molecule has 8 aromatic rings. The topological polar surface area (TPSA) is 87.8 Å². The molecule has 4 aromatic heterocycles. The van der Waals surface area contributed by atoms with Gasteiger partial charge in [0.05, 0.1) is 22.4 Å². The number of ether oxygens (including phenoxy) is 2. The third kappa shape index (κ3) is 6.28. The fourth-order valence-electron chi connectivity index (χ4n) is 6.64. The van der Waals surface area contributed by atoms with Crippen LogP contribution in [0.3, 0.4) is 0 Å². The number of aromatic nitrogens is 6. The van der Waals surface area contributed by atoms with Crippen molar-refractivity contribution >= 4 is 21.8 Å². The van der Waals surface area contributed by atoms with E-state index in [-0.39, 0.29) is 11.8 Å². The van der Waals surface area contributed by atoms with Gasteiger partial charge in [-0.3, -0.25) is 14.5 Å². The SMILES string of the molecule is CC(C)c1cc(Oc2cccc(-c3ccccn3)c2)cc2c1c1c(C(C)C)cc(Oc3cccc(-c4ccccn4)c3)cc1n2-c1ncncn1. The van der Waals surface area contributed by atoms with Crippen LogP contribution in [0.15, 0.2) is 134 Å².